The van der Waals surface area contributed by atoms with Crippen LogP contribution in [0.4, 0.5) is 0 Å². The van der Waals surface area contributed by atoms with Crippen molar-refractivity contribution in [3.05, 3.63) is 106 Å². The second-order valence-electron chi connectivity index (χ2n) is 11.9. The number of carboxylic acids is 2. The SMILES string of the molecule is COc1cc2c(cc1OC)[C@@H]1CC(N)=C(C(=O)OC(C)C)CN1CC2.O=C(O[C@H](C(=O)O)[C@H](OC(=O)c1ccccc1)C(=O)O)c1ccccc1. The number of hydrogen-bond acceptors (Lipinski definition) is 12. The first-order valence-electron chi connectivity index (χ1n) is 16.0. The number of nitrogens with two attached hydrogens (primary N) is 1. The van der Waals surface area contributed by atoms with Gasteiger partial charge in [0.1, 0.15) is 0 Å². The van der Waals surface area contributed by atoms with Gasteiger partial charge in [0, 0.05) is 31.2 Å². The van der Waals surface area contributed by atoms with Crippen molar-refractivity contribution < 1.29 is 57.9 Å². The Balaban J connectivity index is 0.000000229. The van der Waals surface area contributed by atoms with Crippen LogP contribution in [0.2, 0.25) is 0 Å². The number of hydrogen-bond donors (Lipinski definition) is 3. The van der Waals surface area contributed by atoms with E-state index >= 15 is 0 Å². The average molecular weight is 705 g/mol. The zero-order valence-corrected chi connectivity index (χ0v) is 28.6. The summed E-state index contributed by atoms with van der Waals surface area (Å²) in [5.74, 6) is -4.47. The number of carboxylic acid groups (broad SMARTS) is 2. The number of esters is 3. The molecule has 0 aromatic heterocycles. The minimum absolute atomic E-state index is 0.0253. The van der Waals surface area contributed by atoms with Gasteiger partial charge in [-0.2, -0.15) is 0 Å². The third-order valence-corrected chi connectivity index (χ3v) is 8.11. The van der Waals surface area contributed by atoms with E-state index in [0.29, 0.717) is 24.2 Å². The zero-order valence-electron chi connectivity index (χ0n) is 28.6. The van der Waals surface area contributed by atoms with Gasteiger partial charge in [-0.05, 0) is 67.8 Å². The first-order valence-corrected chi connectivity index (χ1v) is 16.0. The van der Waals surface area contributed by atoms with Gasteiger partial charge in [0.25, 0.3) is 0 Å². The standard InChI is InChI=1S/C19H26N2O4.C18H14O8/c1-11(2)25-19(22)14-10-21-6-5-12-7-17(23-3)18(24-4)8-13(12)16(21)9-15(14)20;19-15(20)13(25-17(23)11-7-3-1-4-8-11)14(16(21)22)26-18(24)12-9-5-2-6-10-12/h7-8,11,16H,5-6,9-10,20H2,1-4H3;1-10,13-14H,(H,19,20)(H,21,22)/t16-;13-,14-/m00/s1. The van der Waals surface area contributed by atoms with Crippen molar-refractivity contribution >= 4 is 29.8 Å². The molecular weight excluding hydrogens is 664 g/mol. The van der Waals surface area contributed by atoms with Crippen molar-refractivity contribution in [2.45, 2.75) is 51.0 Å². The number of aliphatic carboxylic acids is 2. The third-order valence-electron chi connectivity index (χ3n) is 8.11. The molecule has 4 N–H and O–H groups in total. The van der Waals surface area contributed by atoms with E-state index in [2.05, 4.69) is 4.90 Å². The summed E-state index contributed by atoms with van der Waals surface area (Å²) in [6, 6.07) is 19.1. The lowest BCUT2D eigenvalue weighted by molar-refractivity contribution is -0.166. The number of fused-ring (bicyclic) bond motifs is 3. The highest BCUT2D eigenvalue weighted by Crippen LogP contribution is 2.42. The molecule has 0 spiro atoms. The summed E-state index contributed by atoms with van der Waals surface area (Å²) in [4.78, 5) is 61.4. The van der Waals surface area contributed by atoms with Crippen molar-refractivity contribution in [2.75, 3.05) is 27.3 Å². The second-order valence-corrected chi connectivity index (χ2v) is 11.9. The summed E-state index contributed by atoms with van der Waals surface area (Å²) in [7, 11) is 3.29. The second kappa shape index (κ2) is 17.2. The highest BCUT2D eigenvalue weighted by atomic mass is 16.6. The molecule has 0 amide bonds. The molecule has 0 radical (unpaired) electrons. The smallest absolute Gasteiger partial charge is 0.349 e. The Hall–Kier alpha value is -5.89. The Morgan fingerprint density at radius 3 is 1.69 bits per heavy atom. The first-order chi connectivity index (χ1) is 24.3. The van der Waals surface area contributed by atoms with Crippen LogP contribution >= 0.6 is 0 Å². The van der Waals surface area contributed by atoms with E-state index in [1.54, 1.807) is 26.4 Å². The average Bonchev–Trinajstić information content (AvgIpc) is 3.12. The Morgan fingerprint density at radius 2 is 1.24 bits per heavy atom. The maximum Gasteiger partial charge on any atom is 0.349 e. The van der Waals surface area contributed by atoms with Gasteiger partial charge in [0.05, 0.1) is 37.0 Å². The number of carbonyl (C=O) groups excluding carboxylic acids is 3. The molecule has 0 fully saturated rings. The summed E-state index contributed by atoms with van der Waals surface area (Å²) in [5.41, 5.74) is 9.95. The Kier molecular flexibility index (Phi) is 12.8. The molecule has 51 heavy (non-hydrogen) atoms. The number of benzene rings is 3. The van der Waals surface area contributed by atoms with Crippen LogP contribution in [0.5, 0.6) is 11.5 Å². The minimum atomic E-state index is -2.21. The Morgan fingerprint density at radius 1 is 0.745 bits per heavy atom. The molecule has 3 atom stereocenters. The van der Waals surface area contributed by atoms with Crippen LogP contribution < -0.4 is 15.2 Å². The molecule has 2 heterocycles. The van der Waals surface area contributed by atoms with E-state index in [0.717, 1.165) is 24.5 Å². The molecule has 0 saturated heterocycles. The van der Waals surface area contributed by atoms with Gasteiger partial charge in [-0.1, -0.05) is 36.4 Å². The van der Waals surface area contributed by atoms with E-state index in [1.165, 1.54) is 59.7 Å². The first kappa shape index (κ1) is 37.9. The van der Waals surface area contributed by atoms with Gasteiger partial charge in [-0.15, -0.1) is 0 Å². The molecule has 5 rings (SSSR count). The molecule has 0 aliphatic carbocycles. The fourth-order valence-electron chi connectivity index (χ4n) is 5.62. The van der Waals surface area contributed by atoms with Crippen LogP contribution in [0.15, 0.2) is 84.1 Å². The lowest BCUT2D eigenvalue weighted by atomic mass is 9.86. The molecule has 0 bridgehead atoms. The van der Waals surface area contributed by atoms with Crippen LogP contribution in [-0.4, -0.2) is 90.6 Å². The summed E-state index contributed by atoms with van der Waals surface area (Å²) < 4.78 is 25.7. The van der Waals surface area contributed by atoms with Gasteiger partial charge >= 0.3 is 29.8 Å². The maximum absolute atomic E-state index is 12.3. The molecule has 3 aromatic rings. The van der Waals surface area contributed by atoms with E-state index in [4.69, 9.17) is 29.4 Å². The van der Waals surface area contributed by atoms with E-state index in [1.807, 2.05) is 26.0 Å². The summed E-state index contributed by atoms with van der Waals surface area (Å²) in [5, 5.41) is 18.5. The van der Waals surface area contributed by atoms with Crippen molar-refractivity contribution in [3.63, 3.8) is 0 Å². The fraction of sp³-hybridized carbons (Fsp3) is 0.324. The van der Waals surface area contributed by atoms with Crippen molar-refractivity contribution in [2.24, 2.45) is 5.73 Å². The Labute approximate surface area is 294 Å². The van der Waals surface area contributed by atoms with Gasteiger partial charge in [0.15, 0.2) is 11.5 Å². The molecule has 14 heteroatoms. The highest BCUT2D eigenvalue weighted by molar-refractivity contribution is 5.95. The molecule has 14 nitrogen and oxygen atoms in total. The van der Waals surface area contributed by atoms with Crippen molar-refractivity contribution in [1.29, 1.82) is 0 Å². The topological polar surface area (TPSA) is 201 Å². The molecule has 3 aromatic carbocycles. The van der Waals surface area contributed by atoms with Gasteiger partial charge < -0.3 is 39.6 Å². The minimum Gasteiger partial charge on any atom is -0.493 e. The molecule has 2 aliphatic heterocycles. The predicted octanol–water partition coefficient (Wildman–Crippen LogP) is 3.78. The van der Waals surface area contributed by atoms with E-state index in [9.17, 15) is 34.2 Å². The Bertz CT molecular complexity index is 1710. The lowest BCUT2D eigenvalue weighted by Gasteiger charge is -2.41. The monoisotopic (exact) mass is 704 g/mol. The van der Waals surface area contributed by atoms with E-state index < -0.39 is 36.1 Å². The molecule has 0 unspecified atom stereocenters. The van der Waals surface area contributed by atoms with Crippen LogP contribution in [0.3, 0.4) is 0 Å². The van der Waals surface area contributed by atoms with Crippen molar-refractivity contribution in [1.82, 2.24) is 4.90 Å². The predicted molar refractivity (Wildman–Crippen MR) is 181 cm³/mol. The lowest BCUT2D eigenvalue weighted by Crippen LogP contribution is -2.45. The highest BCUT2D eigenvalue weighted by Gasteiger charge is 2.41. The summed E-state index contributed by atoms with van der Waals surface area (Å²) >= 11 is 0. The number of nitrogens with zero attached hydrogens (tertiary/aromatic N) is 1. The zero-order chi connectivity index (χ0) is 37.2. The maximum atomic E-state index is 12.3. The van der Waals surface area contributed by atoms with Gasteiger partial charge in [-0.25, -0.2) is 24.0 Å². The van der Waals surface area contributed by atoms with Crippen molar-refractivity contribution in [3.8, 4) is 11.5 Å². The van der Waals surface area contributed by atoms with Crippen LogP contribution in [0.1, 0.15) is 58.2 Å². The van der Waals surface area contributed by atoms with Gasteiger partial charge in [-0.3, -0.25) is 4.90 Å². The molecule has 270 valence electrons. The third kappa shape index (κ3) is 9.42. The van der Waals surface area contributed by atoms with E-state index in [-0.39, 0.29) is 29.2 Å². The van der Waals surface area contributed by atoms with Crippen LogP contribution in [0.25, 0.3) is 0 Å². The summed E-state index contributed by atoms with van der Waals surface area (Å²) in [6.07, 6.45) is -3.06. The van der Waals surface area contributed by atoms with Gasteiger partial charge in [0.2, 0.25) is 12.2 Å². The number of carbonyl (C=O) groups is 5. The molecule has 2 aliphatic rings. The molecular formula is C37H40N2O12. The molecule has 0 saturated carbocycles. The summed E-state index contributed by atoms with van der Waals surface area (Å²) in [6.45, 7) is 5.09. The number of rotatable bonds is 11. The van der Waals surface area contributed by atoms with Crippen LogP contribution in [0, 0.1) is 0 Å². The number of ether oxygens (including phenoxy) is 5. The fourth-order valence-corrected chi connectivity index (χ4v) is 5.62. The largest absolute Gasteiger partial charge is 0.493 e. The number of methoxy groups -OCH3 is 2. The quantitative estimate of drug-likeness (QED) is 0.192. The normalized spacial score (nSPS) is 16.2. The van der Waals surface area contributed by atoms with Crippen LogP contribution in [-0.2, 0) is 35.0 Å².